The van der Waals surface area contributed by atoms with Gasteiger partial charge in [-0.2, -0.15) is 0 Å². The molecule has 1 saturated carbocycles. The van der Waals surface area contributed by atoms with Crippen molar-refractivity contribution in [1.29, 1.82) is 0 Å². The lowest BCUT2D eigenvalue weighted by Crippen LogP contribution is -2.25. The van der Waals surface area contributed by atoms with Crippen molar-refractivity contribution in [2.45, 2.75) is 51.9 Å². The van der Waals surface area contributed by atoms with Crippen LogP contribution in [0.25, 0.3) is 0 Å². The van der Waals surface area contributed by atoms with Gasteiger partial charge in [-0.3, -0.25) is 4.90 Å². The van der Waals surface area contributed by atoms with E-state index in [0.717, 1.165) is 36.2 Å². The third-order valence-electron chi connectivity index (χ3n) is 3.70. The number of hydrogen-bond acceptors (Lipinski definition) is 5. The van der Waals surface area contributed by atoms with E-state index in [1.54, 1.807) is 17.6 Å². The van der Waals surface area contributed by atoms with Crippen LogP contribution >= 0.6 is 11.3 Å². The lowest BCUT2D eigenvalue weighted by atomic mass is 10.3. The van der Waals surface area contributed by atoms with Crippen molar-refractivity contribution in [3.63, 3.8) is 0 Å². The van der Waals surface area contributed by atoms with Crippen LogP contribution in [0.2, 0.25) is 0 Å². The number of aromatic nitrogens is 1. The molecule has 0 bridgehead atoms. The number of rotatable bonds is 8. The standard InChI is InChI=1S/C16H22N2O2S/c1-3-19-12(2)16-17-13(11-21-16)9-18(14-6-7-14)10-15-5-4-8-20-15/h4-5,8,11-12,14H,3,6-7,9-10H2,1-2H3/t12-/m1/s1. The van der Waals surface area contributed by atoms with Gasteiger partial charge in [-0.15, -0.1) is 11.3 Å². The van der Waals surface area contributed by atoms with E-state index in [9.17, 15) is 0 Å². The van der Waals surface area contributed by atoms with Gasteiger partial charge in [0.1, 0.15) is 16.9 Å². The maximum Gasteiger partial charge on any atom is 0.122 e. The van der Waals surface area contributed by atoms with Crippen LogP contribution in [0.4, 0.5) is 0 Å². The molecule has 5 heteroatoms. The van der Waals surface area contributed by atoms with Gasteiger partial charge in [0, 0.05) is 24.6 Å². The Morgan fingerprint density at radius 3 is 3.00 bits per heavy atom. The van der Waals surface area contributed by atoms with Crippen molar-refractivity contribution in [3.05, 3.63) is 40.2 Å². The molecule has 3 rings (SSSR count). The van der Waals surface area contributed by atoms with Gasteiger partial charge in [-0.25, -0.2) is 4.98 Å². The van der Waals surface area contributed by atoms with Gasteiger partial charge in [0.2, 0.25) is 0 Å². The molecule has 2 aromatic heterocycles. The highest BCUT2D eigenvalue weighted by Gasteiger charge is 2.30. The van der Waals surface area contributed by atoms with Gasteiger partial charge in [-0.1, -0.05) is 0 Å². The summed E-state index contributed by atoms with van der Waals surface area (Å²) in [7, 11) is 0. The van der Waals surface area contributed by atoms with E-state index in [4.69, 9.17) is 14.1 Å². The summed E-state index contributed by atoms with van der Waals surface area (Å²) < 4.78 is 11.1. The molecule has 0 N–H and O–H groups in total. The van der Waals surface area contributed by atoms with Crippen LogP contribution in [0, 0.1) is 0 Å². The van der Waals surface area contributed by atoms with Crippen LogP contribution in [0.15, 0.2) is 28.2 Å². The van der Waals surface area contributed by atoms with Crippen molar-refractivity contribution in [2.75, 3.05) is 6.61 Å². The Kier molecular flexibility index (Phi) is 4.73. The van der Waals surface area contributed by atoms with Crippen LogP contribution in [-0.2, 0) is 17.8 Å². The van der Waals surface area contributed by atoms with Crippen molar-refractivity contribution in [2.24, 2.45) is 0 Å². The normalized spacial score (nSPS) is 16.5. The molecule has 1 atom stereocenters. The topological polar surface area (TPSA) is 38.5 Å². The molecule has 2 heterocycles. The molecule has 0 radical (unpaired) electrons. The average Bonchev–Trinajstić information content (AvgIpc) is 2.99. The summed E-state index contributed by atoms with van der Waals surface area (Å²) in [6.45, 7) is 6.56. The van der Waals surface area contributed by atoms with Crippen LogP contribution in [-0.4, -0.2) is 22.5 Å². The molecule has 0 unspecified atom stereocenters. The molecule has 1 aliphatic carbocycles. The van der Waals surface area contributed by atoms with E-state index in [1.165, 1.54) is 12.8 Å². The smallest absolute Gasteiger partial charge is 0.122 e. The highest BCUT2D eigenvalue weighted by Crippen LogP contribution is 2.30. The predicted molar refractivity (Wildman–Crippen MR) is 83.1 cm³/mol. The predicted octanol–water partition coefficient (Wildman–Crippen LogP) is 4.00. The molecule has 4 nitrogen and oxygen atoms in total. The minimum atomic E-state index is 0.0909. The van der Waals surface area contributed by atoms with Gasteiger partial charge >= 0.3 is 0 Å². The van der Waals surface area contributed by atoms with E-state index >= 15 is 0 Å². The molecule has 21 heavy (non-hydrogen) atoms. The molecule has 1 aliphatic rings. The summed E-state index contributed by atoms with van der Waals surface area (Å²) in [6, 6.07) is 4.68. The summed E-state index contributed by atoms with van der Waals surface area (Å²) in [5.74, 6) is 1.03. The molecule has 0 amide bonds. The minimum Gasteiger partial charge on any atom is -0.468 e. The van der Waals surface area contributed by atoms with Gasteiger partial charge in [0.05, 0.1) is 18.5 Å². The molecule has 0 aliphatic heterocycles. The Labute approximate surface area is 129 Å². The van der Waals surface area contributed by atoms with E-state index < -0.39 is 0 Å². The second kappa shape index (κ2) is 6.73. The number of furan rings is 1. The maximum absolute atomic E-state index is 5.61. The number of hydrogen-bond donors (Lipinski definition) is 0. The summed E-state index contributed by atoms with van der Waals surface area (Å²) in [5, 5.41) is 3.23. The lowest BCUT2D eigenvalue weighted by molar-refractivity contribution is 0.0759. The fourth-order valence-corrected chi connectivity index (χ4v) is 3.28. The van der Waals surface area contributed by atoms with Gasteiger partial charge < -0.3 is 9.15 Å². The first-order valence-corrected chi connectivity index (χ1v) is 8.46. The summed E-state index contributed by atoms with van der Waals surface area (Å²) in [6.07, 6.45) is 4.40. The lowest BCUT2D eigenvalue weighted by Gasteiger charge is -2.19. The Morgan fingerprint density at radius 1 is 1.48 bits per heavy atom. The highest BCUT2D eigenvalue weighted by molar-refractivity contribution is 7.09. The average molecular weight is 306 g/mol. The van der Waals surface area contributed by atoms with Crippen molar-refractivity contribution in [3.8, 4) is 0 Å². The first-order chi connectivity index (χ1) is 10.3. The third-order valence-corrected chi connectivity index (χ3v) is 4.76. The Balaban J connectivity index is 1.63. The Morgan fingerprint density at radius 2 is 2.33 bits per heavy atom. The fourth-order valence-electron chi connectivity index (χ4n) is 2.47. The zero-order chi connectivity index (χ0) is 14.7. The van der Waals surface area contributed by atoms with Gasteiger partial charge in [0.25, 0.3) is 0 Å². The zero-order valence-electron chi connectivity index (χ0n) is 12.6. The van der Waals surface area contributed by atoms with Gasteiger partial charge in [-0.05, 0) is 38.8 Å². The molecule has 0 saturated heterocycles. The zero-order valence-corrected chi connectivity index (χ0v) is 13.4. The molecular weight excluding hydrogens is 284 g/mol. The van der Waals surface area contributed by atoms with Crippen molar-refractivity contribution < 1.29 is 9.15 Å². The molecule has 1 fully saturated rings. The number of thiazole rings is 1. The molecular formula is C16H22N2O2S. The van der Waals surface area contributed by atoms with Crippen LogP contribution < -0.4 is 0 Å². The molecule has 0 spiro atoms. The van der Waals surface area contributed by atoms with E-state index in [-0.39, 0.29) is 6.10 Å². The molecule has 2 aromatic rings. The van der Waals surface area contributed by atoms with Crippen LogP contribution in [0.3, 0.4) is 0 Å². The quantitative estimate of drug-likeness (QED) is 0.739. The monoisotopic (exact) mass is 306 g/mol. The summed E-state index contributed by atoms with van der Waals surface area (Å²) >= 11 is 1.69. The van der Waals surface area contributed by atoms with E-state index in [0.29, 0.717) is 6.04 Å². The van der Waals surface area contributed by atoms with Crippen molar-refractivity contribution >= 4 is 11.3 Å². The van der Waals surface area contributed by atoms with Crippen LogP contribution in [0.5, 0.6) is 0 Å². The second-order valence-electron chi connectivity index (χ2n) is 5.49. The highest BCUT2D eigenvalue weighted by atomic mass is 32.1. The van der Waals surface area contributed by atoms with Gasteiger partial charge in [0.15, 0.2) is 0 Å². The summed E-state index contributed by atoms with van der Waals surface area (Å²) in [5.41, 5.74) is 1.14. The maximum atomic E-state index is 5.61. The fraction of sp³-hybridized carbons (Fsp3) is 0.562. The Bertz CT molecular complexity index is 548. The number of ether oxygens (including phenoxy) is 1. The van der Waals surface area contributed by atoms with Crippen LogP contribution in [0.1, 0.15) is 49.3 Å². The number of nitrogens with zero attached hydrogens (tertiary/aromatic N) is 2. The first kappa shape index (κ1) is 14.8. The van der Waals surface area contributed by atoms with E-state index in [2.05, 4.69) is 17.2 Å². The van der Waals surface area contributed by atoms with Crippen molar-refractivity contribution in [1.82, 2.24) is 9.88 Å². The molecule has 114 valence electrons. The Hall–Kier alpha value is -1.17. The largest absolute Gasteiger partial charge is 0.468 e. The van der Waals surface area contributed by atoms with E-state index in [1.807, 2.05) is 19.1 Å². The summed E-state index contributed by atoms with van der Waals surface area (Å²) in [4.78, 5) is 7.19. The third kappa shape index (κ3) is 3.93. The molecule has 0 aromatic carbocycles. The SMILES string of the molecule is CCO[C@H](C)c1nc(CN(Cc2ccco2)C2CC2)cs1. The minimum absolute atomic E-state index is 0.0909. The second-order valence-corrected chi connectivity index (χ2v) is 6.38. The first-order valence-electron chi connectivity index (χ1n) is 7.58.